The zero-order valence-corrected chi connectivity index (χ0v) is 11.6. The van der Waals surface area contributed by atoms with Crippen molar-refractivity contribution in [1.82, 2.24) is 0 Å². The molecule has 5 heteroatoms. The molecule has 0 atom stereocenters. The van der Waals surface area contributed by atoms with Crippen LogP contribution in [0.5, 0.6) is 0 Å². The van der Waals surface area contributed by atoms with Crippen LogP contribution in [0.1, 0.15) is 32.6 Å². The van der Waals surface area contributed by atoms with Gasteiger partial charge in [0.05, 0.1) is 5.41 Å². The summed E-state index contributed by atoms with van der Waals surface area (Å²) in [6.07, 6.45) is 3.39. The maximum absolute atomic E-state index is 13.1. The number of nitrogens with one attached hydrogen (secondary N) is 1. The van der Waals surface area contributed by atoms with E-state index in [-0.39, 0.29) is 18.1 Å². The third-order valence-electron chi connectivity index (χ3n) is 4.28. The summed E-state index contributed by atoms with van der Waals surface area (Å²) in [6.45, 7) is 2.43. The number of rotatable bonds is 3. The van der Waals surface area contributed by atoms with E-state index in [9.17, 15) is 13.6 Å². The lowest BCUT2D eigenvalue weighted by Crippen LogP contribution is -2.44. The Kier molecular flexibility index (Phi) is 4.38. The molecular weight excluding hydrogens is 262 g/mol. The molecule has 0 unspecified atom stereocenters. The molecule has 3 nitrogen and oxygen atoms in total. The standard InChI is InChI=1S/C15H20F2N2O/c1-10-4-6-15(9-18,7-5-10)14(20)19-11-2-3-12(16)13(17)8-11/h2-3,8,10H,4-7,9,18H2,1H3,(H,19,20). The van der Waals surface area contributed by atoms with Crippen LogP contribution < -0.4 is 11.1 Å². The third-order valence-corrected chi connectivity index (χ3v) is 4.28. The van der Waals surface area contributed by atoms with E-state index in [2.05, 4.69) is 12.2 Å². The van der Waals surface area contributed by atoms with E-state index in [0.29, 0.717) is 5.92 Å². The highest BCUT2D eigenvalue weighted by Gasteiger charge is 2.39. The van der Waals surface area contributed by atoms with E-state index >= 15 is 0 Å². The van der Waals surface area contributed by atoms with Crippen molar-refractivity contribution in [1.29, 1.82) is 0 Å². The summed E-state index contributed by atoms with van der Waals surface area (Å²) in [4.78, 5) is 12.4. The molecule has 0 heterocycles. The van der Waals surface area contributed by atoms with Gasteiger partial charge in [0.2, 0.25) is 5.91 Å². The Bertz CT molecular complexity index is 497. The van der Waals surface area contributed by atoms with Crippen molar-refractivity contribution in [2.75, 3.05) is 11.9 Å². The van der Waals surface area contributed by atoms with Crippen LogP contribution in [0, 0.1) is 23.0 Å². The molecule has 1 aromatic rings. The van der Waals surface area contributed by atoms with Crippen LogP contribution in [0.4, 0.5) is 14.5 Å². The fourth-order valence-corrected chi connectivity index (χ4v) is 2.68. The third kappa shape index (κ3) is 2.98. The molecular formula is C15H20F2N2O. The Morgan fingerprint density at radius 2 is 2.00 bits per heavy atom. The molecule has 0 radical (unpaired) electrons. The quantitative estimate of drug-likeness (QED) is 0.895. The lowest BCUT2D eigenvalue weighted by molar-refractivity contribution is -0.127. The maximum atomic E-state index is 13.1. The summed E-state index contributed by atoms with van der Waals surface area (Å²) in [7, 11) is 0. The second kappa shape index (κ2) is 5.87. The first kappa shape index (κ1) is 14.9. The smallest absolute Gasteiger partial charge is 0.231 e. The van der Waals surface area contributed by atoms with Crippen molar-refractivity contribution >= 4 is 11.6 Å². The monoisotopic (exact) mass is 282 g/mol. The molecule has 1 aliphatic rings. The highest BCUT2D eigenvalue weighted by molar-refractivity contribution is 5.95. The highest BCUT2D eigenvalue weighted by atomic mass is 19.2. The number of nitrogens with two attached hydrogens (primary N) is 1. The van der Waals surface area contributed by atoms with E-state index < -0.39 is 17.0 Å². The normalized spacial score (nSPS) is 26.3. The van der Waals surface area contributed by atoms with Crippen molar-refractivity contribution < 1.29 is 13.6 Å². The van der Waals surface area contributed by atoms with E-state index in [1.165, 1.54) is 6.07 Å². The fourth-order valence-electron chi connectivity index (χ4n) is 2.68. The average Bonchev–Trinajstić information content (AvgIpc) is 2.44. The first-order valence-electron chi connectivity index (χ1n) is 6.93. The van der Waals surface area contributed by atoms with Crippen LogP contribution in [0.2, 0.25) is 0 Å². The predicted octanol–water partition coefficient (Wildman–Crippen LogP) is 3.06. The van der Waals surface area contributed by atoms with Crippen LogP contribution in [0.3, 0.4) is 0 Å². The van der Waals surface area contributed by atoms with Gasteiger partial charge in [0.25, 0.3) is 0 Å². The molecule has 0 aromatic heterocycles. The number of anilines is 1. The van der Waals surface area contributed by atoms with Crippen molar-refractivity contribution in [3.05, 3.63) is 29.8 Å². The van der Waals surface area contributed by atoms with Gasteiger partial charge in [0.1, 0.15) is 0 Å². The molecule has 110 valence electrons. The van der Waals surface area contributed by atoms with Crippen molar-refractivity contribution in [2.24, 2.45) is 17.1 Å². The molecule has 0 bridgehead atoms. The van der Waals surface area contributed by atoms with Gasteiger partial charge >= 0.3 is 0 Å². The number of carbonyl (C=O) groups excluding carboxylic acids is 1. The number of amides is 1. The Morgan fingerprint density at radius 1 is 1.35 bits per heavy atom. The SMILES string of the molecule is CC1CCC(CN)(C(=O)Nc2ccc(F)c(F)c2)CC1. The Hall–Kier alpha value is -1.49. The lowest BCUT2D eigenvalue weighted by Gasteiger charge is -2.37. The Morgan fingerprint density at radius 3 is 2.55 bits per heavy atom. The van der Waals surface area contributed by atoms with Crippen LogP contribution in [-0.2, 0) is 4.79 Å². The molecule has 0 saturated heterocycles. The Balaban J connectivity index is 2.11. The predicted molar refractivity (Wildman–Crippen MR) is 74.1 cm³/mol. The molecule has 1 aliphatic carbocycles. The fraction of sp³-hybridized carbons (Fsp3) is 0.533. The largest absolute Gasteiger partial charge is 0.329 e. The highest BCUT2D eigenvalue weighted by Crippen LogP contribution is 2.39. The minimum Gasteiger partial charge on any atom is -0.329 e. The van der Waals surface area contributed by atoms with Crippen LogP contribution in [0.25, 0.3) is 0 Å². The molecule has 1 aromatic carbocycles. The molecule has 1 amide bonds. The van der Waals surface area contributed by atoms with Gasteiger partial charge in [-0.05, 0) is 43.7 Å². The van der Waals surface area contributed by atoms with Gasteiger partial charge in [-0.3, -0.25) is 4.79 Å². The summed E-state index contributed by atoms with van der Waals surface area (Å²) in [6, 6.07) is 3.35. The molecule has 20 heavy (non-hydrogen) atoms. The molecule has 2 rings (SSSR count). The second-order valence-corrected chi connectivity index (χ2v) is 5.75. The van der Waals surface area contributed by atoms with Gasteiger partial charge in [0, 0.05) is 18.3 Å². The molecule has 0 aliphatic heterocycles. The van der Waals surface area contributed by atoms with Gasteiger partial charge in [-0.25, -0.2) is 8.78 Å². The first-order valence-corrected chi connectivity index (χ1v) is 6.93. The molecule has 1 saturated carbocycles. The lowest BCUT2D eigenvalue weighted by atomic mass is 9.70. The zero-order chi connectivity index (χ0) is 14.8. The summed E-state index contributed by atoms with van der Waals surface area (Å²) >= 11 is 0. The van der Waals surface area contributed by atoms with E-state index in [0.717, 1.165) is 37.8 Å². The van der Waals surface area contributed by atoms with Gasteiger partial charge in [-0.15, -0.1) is 0 Å². The maximum Gasteiger partial charge on any atom is 0.231 e. The molecule has 3 N–H and O–H groups in total. The van der Waals surface area contributed by atoms with Crippen LogP contribution in [-0.4, -0.2) is 12.5 Å². The van der Waals surface area contributed by atoms with Crippen molar-refractivity contribution in [2.45, 2.75) is 32.6 Å². The molecule has 1 fully saturated rings. The van der Waals surface area contributed by atoms with Crippen molar-refractivity contribution in [3.63, 3.8) is 0 Å². The summed E-state index contributed by atoms with van der Waals surface area (Å²) in [5.74, 6) is -1.49. The van der Waals surface area contributed by atoms with Gasteiger partial charge in [-0.2, -0.15) is 0 Å². The van der Waals surface area contributed by atoms with E-state index in [1.807, 2.05) is 0 Å². The minimum atomic E-state index is -0.970. The number of carbonyl (C=O) groups is 1. The van der Waals surface area contributed by atoms with Gasteiger partial charge < -0.3 is 11.1 Å². The first-order chi connectivity index (χ1) is 9.47. The van der Waals surface area contributed by atoms with Crippen molar-refractivity contribution in [3.8, 4) is 0 Å². The zero-order valence-electron chi connectivity index (χ0n) is 11.6. The van der Waals surface area contributed by atoms with E-state index in [4.69, 9.17) is 5.73 Å². The molecule has 0 spiro atoms. The Labute approximate surface area is 117 Å². The van der Waals surface area contributed by atoms with Gasteiger partial charge in [0.15, 0.2) is 11.6 Å². The summed E-state index contributed by atoms with van der Waals surface area (Å²) in [5, 5.41) is 2.66. The average molecular weight is 282 g/mol. The number of hydrogen-bond donors (Lipinski definition) is 2. The summed E-state index contributed by atoms with van der Waals surface area (Å²) < 4.78 is 26.0. The number of halogens is 2. The topological polar surface area (TPSA) is 55.1 Å². The second-order valence-electron chi connectivity index (χ2n) is 5.75. The minimum absolute atomic E-state index is 0.196. The van der Waals surface area contributed by atoms with Gasteiger partial charge in [-0.1, -0.05) is 6.92 Å². The van der Waals surface area contributed by atoms with Crippen LogP contribution in [0.15, 0.2) is 18.2 Å². The number of benzene rings is 1. The summed E-state index contributed by atoms with van der Waals surface area (Å²) in [5.41, 5.74) is 5.48. The van der Waals surface area contributed by atoms with Crippen LogP contribution >= 0.6 is 0 Å². The van der Waals surface area contributed by atoms with E-state index in [1.54, 1.807) is 0 Å². The number of hydrogen-bond acceptors (Lipinski definition) is 2.